The third-order valence-corrected chi connectivity index (χ3v) is 2.84. The normalized spacial score (nSPS) is 12.4. The molecular formula is C13H17N5O. The molecule has 1 aromatic heterocycles. The summed E-state index contributed by atoms with van der Waals surface area (Å²) in [5.41, 5.74) is 7.37. The minimum atomic E-state index is -0.505. The van der Waals surface area contributed by atoms with Gasteiger partial charge in [0.1, 0.15) is 12.7 Å². The van der Waals surface area contributed by atoms with E-state index < -0.39 is 6.04 Å². The van der Waals surface area contributed by atoms with Crippen molar-refractivity contribution in [3.8, 4) is 5.69 Å². The maximum atomic E-state index is 11.8. The van der Waals surface area contributed by atoms with Crippen LogP contribution >= 0.6 is 0 Å². The molecule has 0 aliphatic heterocycles. The predicted molar refractivity (Wildman–Crippen MR) is 72.8 cm³/mol. The number of anilines is 1. The zero-order chi connectivity index (χ0) is 13.8. The summed E-state index contributed by atoms with van der Waals surface area (Å²) in [4.78, 5) is 15.7. The molecule has 2 aromatic rings. The van der Waals surface area contributed by atoms with Crippen molar-refractivity contribution in [3.05, 3.63) is 36.9 Å². The van der Waals surface area contributed by atoms with E-state index in [1.54, 1.807) is 11.0 Å². The van der Waals surface area contributed by atoms with Crippen LogP contribution in [0, 0.1) is 5.92 Å². The maximum absolute atomic E-state index is 11.8. The molecule has 1 heterocycles. The molecule has 6 heteroatoms. The van der Waals surface area contributed by atoms with Crippen molar-refractivity contribution < 1.29 is 4.79 Å². The van der Waals surface area contributed by atoms with Gasteiger partial charge >= 0.3 is 0 Å². The van der Waals surface area contributed by atoms with Crippen LogP contribution in [0.1, 0.15) is 13.8 Å². The molecule has 1 aromatic carbocycles. The van der Waals surface area contributed by atoms with E-state index >= 15 is 0 Å². The quantitative estimate of drug-likeness (QED) is 0.863. The van der Waals surface area contributed by atoms with Gasteiger partial charge in [0.25, 0.3) is 0 Å². The molecule has 0 spiro atoms. The Labute approximate surface area is 111 Å². The van der Waals surface area contributed by atoms with Gasteiger partial charge < -0.3 is 11.1 Å². The van der Waals surface area contributed by atoms with E-state index in [2.05, 4.69) is 15.4 Å². The number of benzene rings is 1. The van der Waals surface area contributed by atoms with Crippen LogP contribution in [0.5, 0.6) is 0 Å². The standard InChI is InChI=1S/C13H17N5O/c1-9(2)12(14)13(19)17-10-3-5-11(6-4-10)18-8-15-7-16-18/h3-9,12H,14H2,1-2H3,(H,17,19). The average molecular weight is 259 g/mol. The van der Waals surface area contributed by atoms with Crippen molar-refractivity contribution in [1.82, 2.24) is 14.8 Å². The van der Waals surface area contributed by atoms with Gasteiger partial charge in [-0.15, -0.1) is 0 Å². The largest absolute Gasteiger partial charge is 0.325 e. The van der Waals surface area contributed by atoms with E-state index in [-0.39, 0.29) is 11.8 Å². The zero-order valence-corrected chi connectivity index (χ0v) is 10.9. The molecule has 1 amide bonds. The van der Waals surface area contributed by atoms with Gasteiger partial charge in [-0.2, -0.15) is 5.10 Å². The van der Waals surface area contributed by atoms with E-state index in [0.717, 1.165) is 5.69 Å². The summed E-state index contributed by atoms with van der Waals surface area (Å²) >= 11 is 0. The second-order valence-corrected chi connectivity index (χ2v) is 4.65. The van der Waals surface area contributed by atoms with Crippen LogP contribution in [0.4, 0.5) is 5.69 Å². The predicted octanol–water partition coefficient (Wildman–Crippen LogP) is 1.19. The molecule has 1 atom stereocenters. The van der Waals surface area contributed by atoms with Crippen LogP contribution in [0.2, 0.25) is 0 Å². The lowest BCUT2D eigenvalue weighted by atomic mass is 10.0. The Morgan fingerprint density at radius 3 is 2.53 bits per heavy atom. The molecule has 0 bridgehead atoms. The Morgan fingerprint density at radius 1 is 1.32 bits per heavy atom. The van der Waals surface area contributed by atoms with Crippen LogP contribution in [-0.4, -0.2) is 26.7 Å². The van der Waals surface area contributed by atoms with E-state index in [1.807, 2.05) is 38.1 Å². The molecule has 0 saturated carbocycles. The van der Waals surface area contributed by atoms with Crippen molar-refractivity contribution in [2.45, 2.75) is 19.9 Å². The molecule has 0 saturated heterocycles. The Kier molecular flexibility index (Phi) is 3.91. The van der Waals surface area contributed by atoms with Crippen LogP contribution in [-0.2, 0) is 4.79 Å². The van der Waals surface area contributed by atoms with Crippen molar-refractivity contribution >= 4 is 11.6 Å². The fourth-order valence-electron chi connectivity index (χ4n) is 1.57. The number of aromatic nitrogens is 3. The second kappa shape index (κ2) is 5.62. The number of rotatable bonds is 4. The number of hydrogen-bond donors (Lipinski definition) is 2. The first kappa shape index (κ1) is 13.2. The minimum Gasteiger partial charge on any atom is -0.325 e. The molecule has 100 valence electrons. The first-order chi connectivity index (χ1) is 9.08. The SMILES string of the molecule is CC(C)C(N)C(=O)Nc1ccc(-n2cncn2)cc1. The minimum absolute atomic E-state index is 0.106. The lowest BCUT2D eigenvalue weighted by Crippen LogP contribution is -2.39. The zero-order valence-electron chi connectivity index (χ0n) is 10.9. The molecule has 0 radical (unpaired) electrons. The topological polar surface area (TPSA) is 85.8 Å². The fraction of sp³-hybridized carbons (Fsp3) is 0.308. The molecule has 3 N–H and O–H groups in total. The van der Waals surface area contributed by atoms with Gasteiger partial charge in [0.05, 0.1) is 11.7 Å². The van der Waals surface area contributed by atoms with E-state index in [0.29, 0.717) is 5.69 Å². The first-order valence-corrected chi connectivity index (χ1v) is 6.09. The van der Waals surface area contributed by atoms with E-state index in [4.69, 9.17) is 5.73 Å². The number of amides is 1. The molecule has 0 aliphatic rings. The van der Waals surface area contributed by atoms with E-state index in [9.17, 15) is 4.79 Å². The van der Waals surface area contributed by atoms with Crippen molar-refractivity contribution in [2.75, 3.05) is 5.32 Å². The number of nitrogens with one attached hydrogen (secondary N) is 1. The van der Waals surface area contributed by atoms with Crippen LogP contribution in [0.25, 0.3) is 5.69 Å². The lowest BCUT2D eigenvalue weighted by molar-refractivity contribution is -0.118. The van der Waals surface area contributed by atoms with Crippen molar-refractivity contribution in [3.63, 3.8) is 0 Å². The van der Waals surface area contributed by atoms with Gasteiger partial charge in [0, 0.05) is 5.69 Å². The summed E-state index contributed by atoms with van der Waals surface area (Å²) < 4.78 is 1.64. The fourth-order valence-corrected chi connectivity index (χ4v) is 1.57. The first-order valence-electron chi connectivity index (χ1n) is 6.09. The number of carbonyl (C=O) groups excluding carboxylic acids is 1. The van der Waals surface area contributed by atoms with Gasteiger partial charge in [-0.1, -0.05) is 13.8 Å². The second-order valence-electron chi connectivity index (χ2n) is 4.65. The smallest absolute Gasteiger partial charge is 0.241 e. The van der Waals surface area contributed by atoms with Crippen LogP contribution in [0.15, 0.2) is 36.9 Å². The summed E-state index contributed by atoms with van der Waals surface area (Å²) in [5, 5.41) is 6.81. The van der Waals surface area contributed by atoms with Gasteiger partial charge in [-0.25, -0.2) is 9.67 Å². The molecule has 19 heavy (non-hydrogen) atoms. The summed E-state index contributed by atoms with van der Waals surface area (Å²) in [7, 11) is 0. The summed E-state index contributed by atoms with van der Waals surface area (Å²) in [5.74, 6) is -0.0714. The van der Waals surface area contributed by atoms with Gasteiger partial charge in [-0.3, -0.25) is 4.79 Å². The summed E-state index contributed by atoms with van der Waals surface area (Å²) in [6, 6.07) is 6.82. The van der Waals surface area contributed by atoms with Gasteiger partial charge in [-0.05, 0) is 30.2 Å². The van der Waals surface area contributed by atoms with Crippen molar-refractivity contribution in [2.24, 2.45) is 11.7 Å². The highest BCUT2D eigenvalue weighted by Crippen LogP contribution is 2.13. The third kappa shape index (κ3) is 3.17. The molecule has 0 fully saturated rings. The van der Waals surface area contributed by atoms with Crippen molar-refractivity contribution in [1.29, 1.82) is 0 Å². The number of nitrogens with zero attached hydrogens (tertiary/aromatic N) is 3. The lowest BCUT2D eigenvalue weighted by Gasteiger charge is -2.15. The molecule has 0 aliphatic carbocycles. The summed E-state index contributed by atoms with van der Waals surface area (Å²) in [6.45, 7) is 3.83. The molecule has 6 nitrogen and oxygen atoms in total. The maximum Gasteiger partial charge on any atom is 0.241 e. The number of hydrogen-bond acceptors (Lipinski definition) is 4. The van der Waals surface area contributed by atoms with Crippen LogP contribution in [0.3, 0.4) is 0 Å². The monoisotopic (exact) mass is 259 g/mol. The Balaban J connectivity index is 2.05. The number of nitrogens with two attached hydrogens (primary N) is 1. The molecular weight excluding hydrogens is 242 g/mol. The van der Waals surface area contributed by atoms with Gasteiger partial charge in [0.15, 0.2) is 0 Å². The highest BCUT2D eigenvalue weighted by molar-refractivity contribution is 5.94. The average Bonchev–Trinajstić information content (AvgIpc) is 2.92. The molecule has 2 rings (SSSR count). The molecule has 1 unspecified atom stereocenters. The Morgan fingerprint density at radius 2 is 2.00 bits per heavy atom. The highest BCUT2D eigenvalue weighted by Gasteiger charge is 2.16. The Hall–Kier alpha value is -2.21. The van der Waals surface area contributed by atoms with Crippen LogP contribution < -0.4 is 11.1 Å². The summed E-state index contributed by atoms with van der Waals surface area (Å²) in [6.07, 6.45) is 3.08. The Bertz CT molecular complexity index is 533. The highest BCUT2D eigenvalue weighted by atomic mass is 16.2. The number of carbonyl (C=O) groups is 1. The third-order valence-electron chi connectivity index (χ3n) is 2.84. The van der Waals surface area contributed by atoms with Gasteiger partial charge in [0.2, 0.25) is 5.91 Å². The van der Waals surface area contributed by atoms with E-state index in [1.165, 1.54) is 6.33 Å².